The third-order valence-corrected chi connectivity index (χ3v) is 4.64. The van der Waals surface area contributed by atoms with Crippen LogP contribution in [0.25, 0.3) is 0 Å². The molecule has 1 aliphatic rings. The second-order valence-corrected chi connectivity index (χ2v) is 6.68. The molecule has 0 radical (unpaired) electrons. The molecule has 1 aliphatic heterocycles. The van der Waals surface area contributed by atoms with E-state index in [-0.39, 0.29) is 12.1 Å². The van der Waals surface area contributed by atoms with Crippen molar-refractivity contribution in [1.82, 2.24) is 10.2 Å². The maximum absolute atomic E-state index is 13.7. The van der Waals surface area contributed by atoms with E-state index in [0.717, 1.165) is 6.07 Å². The van der Waals surface area contributed by atoms with Crippen molar-refractivity contribution in [2.45, 2.75) is 18.3 Å². The van der Waals surface area contributed by atoms with Crippen LogP contribution in [0.3, 0.4) is 0 Å². The molecule has 3 N–H and O–H groups in total. The van der Waals surface area contributed by atoms with Crippen molar-refractivity contribution in [3.05, 3.63) is 70.0 Å². The Morgan fingerprint density at radius 1 is 1.18 bits per heavy atom. The maximum Gasteiger partial charge on any atom is 0.419 e. The Balaban J connectivity index is 2.11. The molecule has 2 aromatic carbocycles. The predicted molar refractivity (Wildman–Crippen MR) is 92.9 cm³/mol. The van der Waals surface area contributed by atoms with E-state index >= 15 is 0 Å². The zero-order valence-corrected chi connectivity index (χ0v) is 14.9. The first-order valence-electron chi connectivity index (χ1n) is 8.06. The molecule has 5 nitrogen and oxygen atoms in total. The van der Waals surface area contributed by atoms with Gasteiger partial charge in [0.25, 0.3) is 0 Å². The minimum atomic E-state index is -4.91. The van der Waals surface area contributed by atoms with Gasteiger partial charge in [0.2, 0.25) is 5.91 Å². The van der Waals surface area contributed by atoms with Crippen molar-refractivity contribution in [3.63, 3.8) is 0 Å². The van der Waals surface area contributed by atoms with Crippen molar-refractivity contribution in [2.75, 3.05) is 6.54 Å². The number of nitrogens with zero attached hydrogens (tertiary/aromatic N) is 1. The Morgan fingerprint density at radius 2 is 1.79 bits per heavy atom. The number of nitrogens with one attached hydrogen (secondary N) is 1. The lowest BCUT2D eigenvalue weighted by Crippen LogP contribution is -2.39. The third kappa shape index (κ3) is 3.89. The summed E-state index contributed by atoms with van der Waals surface area (Å²) in [6.07, 6.45) is -4.91. The highest BCUT2D eigenvalue weighted by atomic mass is 35.5. The third-order valence-electron chi connectivity index (χ3n) is 4.39. The summed E-state index contributed by atoms with van der Waals surface area (Å²) in [7, 11) is 0. The Hall–Kier alpha value is -2.81. The average molecular weight is 416 g/mol. The summed E-state index contributed by atoms with van der Waals surface area (Å²) in [6.45, 7) is -0.153. The van der Waals surface area contributed by atoms with E-state index in [2.05, 4.69) is 5.32 Å². The van der Waals surface area contributed by atoms with Crippen LogP contribution in [0.5, 0.6) is 0 Å². The molecule has 0 aliphatic carbocycles. The molecule has 28 heavy (non-hydrogen) atoms. The normalized spacial score (nSPS) is 18.1. The number of urea groups is 1. The molecular weight excluding hydrogens is 402 g/mol. The number of hydrogen-bond donors (Lipinski definition) is 2. The summed E-state index contributed by atoms with van der Waals surface area (Å²) >= 11 is 5.87. The van der Waals surface area contributed by atoms with Gasteiger partial charge < -0.3 is 16.0 Å². The van der Waals surface area contributed by atoms with Gasteiger partial charge in [-0.2, -0.15) is 13.2 Å². The molecule has 0 aromatic heterocycles. The topological polar surface area (TPSA) is 75.4 Å². The summed E-state index contributed by atoms with van der Waals surface area (Å²) in [5.41, 5.74) is 4.23. The summed E-state index contributed by atoms with van der Waals surface area (Å²) < 4.78 is 53.2. The molecule has 3 amide bonds. The molecule has 0 spiro atoms. The van der Waals surface area contributed by atoms with E-state index in [0.29, 0.717) is 22.7 Å². The van der Waals surface area contributed by atoms with E-state index in [1.807, 2.05) is 0 Å². The summed E-state index contributed by atoms with van der Waals surface area (Å²) in [4.78, 5) is 25.0. The lowest BCUT2D eigenvalue weighted by atomic mass is 9.95. The zero-order chi connectivity index (χ0) is 20.6. The molecule has 3 rings (SSSR count). The first kappa shape index (κ1) is 19.9. The molecule has 0 bridgehead atoms. The van der Waals surface area contributed by atoms with Crippen LogP contribution < -0.4 is 11.1 Å². The van der Waals surface area contributed by atoms with E-state index in [1.165, 1.54) is 29.2 Å². The van der Waals surface area contributed by atoms with Gasteiger partial charge in [-0.15, -0.1) is 0 Å². The maximum atomic E-state index is 13.7. The van der Waals surface area contributed by atoms with Crippen molar-refractivity contribution < 1.29 is 27.2 Å². The van der Waals surface area contributed by atoms with Crippen molar-refractivity contribution in [3.8, 4) is 0 Å². The quantitative estimate of drug-likeness (QED) is 0.750. The average Bonchev–Trinajstić information content (AvgIpc) is 2.99. The first-order valence-corrected chi connectivity index (χ1v) is 8.44. The number of carbonyl (C=O) groups is 2. The van der Waals surface area contributed by atoms with E-state index in [1.54, 1.807) is 0 Å². The van der Waals surface area contributed by atoms with Crippen LogP contribution in [0.1, 0.15) is 22.7 Å². The molecule has 1 saturated heterocycles. The van der Waals surface area contributed by atoms with Crippen LogP contribution in [0.15, 0.2) is 42.5 Å². The summed E-state index contributed by atoms with van der Waals surface area (Å²) in [5, 5.41) is 2.77. The molecule has 2 aromatic rings. The Labute approximate surface area is 162 Å². The molecular formula is C18H14ClF4N3O2. The minimum absolute atomic E-state index is 0.0244. The first-order chi connectivity index (χ1) is 13.1. The summed E-state index contributed by atoms with van der Waals surface area (Å²) in [6, 6.07) is 5.92. The zero-order valence-electron chi connectivity index (χ0n) is 14.1. The van der Waals surface area contributed by atoms with Crippen LogP contribution in [0.4, 0.5) is 22.4 Å². The van der Waals surface area contributed by atoms with Crippen LogP contribution in [0, 0.1) is 5.82 Å². The monoisotopic (exact) mass is 415 g/mol. The molecule has 10 heteroatoms. The Kier molecular flexibility index (Phi) is 5.20. The number of hydrogen-bond acceptors (Lipinski definition) is 2. The SMILES string of the molecule is NC(=O)C1CN([C@H](c2ccc(Cl)cc2)c2ccc(F)c(C(F)(F)F)c2)C(=O)N1. The Morgan fingerprint density at radius 3 is 2.32 bits per heavy atom. The molecule has 1 unspecified atom stereocenters. The van der Waals surface area contributed by atoms with Gasteiger partial charge in [0.1, 0.15) is 11.9 Å². The highest BCUT2D eigenvalue weighted by molar-refractivity contribution is 6.30. The van der Waals surface area contributed by atoms with Crippen LogP contribution in [-0.2, 0) is 11.0 Å². The van der Waals surface area contributed by atoms with Gasteiger partial charge in [0.05, 0.1) is 18.2 Å². The predicted octanol–water partition coefficient (Wildman–Crippen LogP) is 3.47. The van der Waals surface area contributed by atoms with E-state index in [4.69, 9.17) is 17.3 Å². The fraction of sp³-hybridized carbons (Fsp3) is 0.222. The van der Waals surface area contributed by atoms with Gasteiger partial charge in [-0.05, 0) is 35.4 Å². The van der Waals surface area contributed by atoms with E-state index in [9.17, 15) is 27.2 Å². The Bertz CT molecular complexity index is 918. The highest BCUT2D eigenvalue weighted by Gasteiger charge is 2.40. The fourth-order valence-electron chi connectivity index (χ4n) is 3.07. The van der Waals surface area contributed by atoms with Gasteiger partial charge in [0.15, 0.2) is 0 Å². The standard InChI is InChI=1S/C18H14ClF4N3O2/c19-11-4-1-9(2-5-11)15(26-8-14(16(24)27)25-17(26)28)10-3-6-13(20)12(7-10)18(21,22)23/h1-7,14-15H,8H2,(H2,24,27)(H,25,28)/t14?,15-/m1/s1. The summed E-state index contributed by atoms with van der Waals surface area (Å²) in [5.74, 6) is -2.20. The molecule has 148 valence electrons. The van der Waals surface area contributed by atoms with E-state index < -0.39 is 41.6 Å². The van der Waals surface area contributed by atoms with Crippen LogP contribution in [0.2, 0.25) is 5.02 Å². The molecule has 0 saturated carbocycles. The number of rotatable bonds is 4. The molecule has 1 fully saturated rings. The van der Waals surface area contributed by atoms with Gasteiger partial charge >= 0.3 is 12.2 Å². The van der Waals surface area contributed by atoms with Crippen molar-refractivity contribution >= 4 is 23.5 Å². The lowest BCUT2D eigenvalue weighted by Gasteiger charge is -2.28. The van der Waals surface area contributed by atoms with Gasteiger partial charge in [-0.1, -0.05) is 29.8 Å². The second-order valence-electron chi connectivity index (χ2n) is 6.25. The molecule has 1 heterocycles. The number of benzene rings is 2. The number of carbonyl (C=O) groups excluding carboxylic acids is 2. The lowest BCUT2D eigenvalue weighted by molar-refractivity contribution is -0.140. The van der Waals surface area contributed by atoms with Crippen LogP contribution in [-0.4, -0.2) is 29.4 Å². The number of primary amides is 1. The fourth-order valence-corrected chi connectivity index (χ4v) is 3.19. The van der Waals surface area contributed by atoms with Crippen molar-refractivity contribution in [2.24, 2.45) is 5.73 Å². The van der Waals surface area contributed by atoms with Gasteiger partial charge in [-0.3, -0.25) is 4.79 Å². The minimum Gasteiger partial charge on any atom is -0.368 e. The number of alkyl halides is 3. The number of nitrogens with two attached hydrogens (primary N) is 1. The largest absolute Gasteiger partial charge is 0.419 e. The number of halogens is 5. The highest BCUT2D eigenvalue weighted by Crippen LogP contribution is 2.37. The number of amides is 3. The van der Waals surface area contributed by atoms with Gasteiger partial charge in [-0.25, -0.2) is 9.18 Å². The second kappa shape index (κ2) is 7.31. The smallest absolute Gasteiger partial charge is 0.368 e. The van der Waals surface area contributed by atoms with Gasteiger partial charge in [0, 0.05) is 5.02 Å². The van der Waals surface area contributed by atoms with Crippen molar-refractivity contribution in [1.29, 1.82) is 0 Å². The molecule has 2 atom stereocenters. The van der Waals surface area contributed by atoms with Crippen LogP contribution >= 0.6 is 11.6 Å².